The van der Waals surface area contributed by atoms with Crippen LogP contribution in [0.25, 0.3) is 0 Å². The number of ether oxygens (including phenoxy) is 2. The van der Waals surface area contributed by atoms with Crippen LogP contribution in [0.5, 0.6) is 11.5 Å². The van der Waals surface area contributed by atoms with Crippen molar-refractivity contribution in [1.82, 2.24) is 4.90 Å². The summed E-state index contributed by atoms with van der Waals surface area (Å²) in [6.07, 6.45) is -1.51. The molecule has 1 rings (SSSR count). The Labute approximate surface area is 141 Å². The second-order valence-corrected chi connectivity index (χ2v) is 7.99. The van der Waals surface area contributed by atoms with Gasteiger partial charge in [-0.05, 0) is 31.2 Å². The first-order chi connectivity index (χ1) is 11.1. The summed E-state index contributed by atoms with van der Waals surface area (Å²) in [5.74, 6) is 0.296. The molecule has 0 spiro atoms. The molecule has 24 heavy (non-hydrogen) atoms. The molecule has 0 saturated heterocycles. The second kappa shape index (κ2) is 7.98. The van der Waals surface area contributed by atoms with Crippen LogP contribution in [-0.2, 0) is 18.4 Å². The molecule has 9 heteroatoms. The van der Waals surface area contributed by atoms with Crippen molar-refractivity contribution in [3.63, 3.8) is 0 Å². The molecule has 0 heterocycles. The first-order valence-electron chi connectivity index (χ1n) is 7.08. The fourth-order valence-electron chi connectivity index (χ4n) is 2.01. The van der Waals surface area contributed by atoms with Gasteiger partial charge in [0.2, 0.25) is 11.4 Å². The number of methoxy groups -OCH3 is 1. The quantitative estimate of drug-likeness (QED) is 0.705. The average molecular weight is 361 g/mol. The first kappa shape index (κ1) is 20.4. The lowest BCUT2D eigenvalue weighted by molar-refractivity contribution is -0.144. The van der Waals surface area contributed by atoms with E-state index in [-0.39, 0.29) is 5.75 Å². The van der Waals surface area contributed by atoms with Crippen LogP contribution < -0.4 is 9.47 Å². The molecule has 1 N–H and O–H groups in total. The van der Waals surface area contributed by atoms with Crippen LogP contribution in [0.1, 0.15) is 6.92 Å². The van der Waals surface area contributed by atoms with Crippen LogP contribution in [0.4, 0.5) is 0 Å². The minimum Gasteiger partial charge on any atom is -0.497 e. The second-order valence-electron chi connectivity index (χ2n) is 5.36. The molecule has 2 atom stereocenters. The smallest absolute Gasteiger partial charge is 0.365 e. The molecule has 0 saturated carbocycles. The van der Waals surface area contributed by atoms with Gasteiger partial charge in [0.25, 0.3) is 5.91 Å². The number of rotatable bonds is 8. The van der Waals surface area contributed by atoms with Gasteiger partial charge >= 0.3 is 7.60 Å². The van der Waals surface area contributed by atoms with Gasteiger partial charge in [0.15, 0.2) is 0 Å². The highest BCUT2D eigenvalue weighted by atomic mass is 31.2. The third-order valence-electron chi connectivity index (χ3n) is 3.51. The van der Waals surface area contributed by atoms with Crippen molar-refractivity contribution in [2.75, 3.05) is 35.4 Å². The van der Waals surface area contributed by atoms with Crippen LogP contribution in [0.3, 0.4) is 0 Å². The number of hydrogen-bond donors (Lipinski definition) is 1. The Morgan fingerprint density at radius 2 is 1.58 bits per heavy atom. The highest BCUT2D eigenvalue weighted by molar-refractivity contribution is 7.55. The molecule has 0 radical (unpaired) electrons. The van der Waals surface area contributed by atoms with E-state index in [1.54, 1.807) is 24.3 Å². The topological polar surface area (TPSA) is 94.5 Å². The molecule has 0 fully saturated rings. The molecular weight excluding hydrogens is 337 g/mol. The van der Waals surface area contributed by atoms with Crippen molar-refractivity contribution in [3.05, 3.63) is 24.3 Å². The van der Waals surface area contributed by atoms with E-state index in [2.05, 4.69) is 0 Å². The Morgan fingerprint density at radius 1 is 1.12 bits per heavy atom. The van der Waals surface area contributed by atoms with Gasteiger partial charge in [-0.3, -0.25) is 9.36 Å². The zero-order valence-electron chi connectivity index (χ0n) is 14.7. The number of hydrogen-bond acceptors (Lipinski definition) is 7. The SMILES string of the molecule is COc1ccc(O[C@H](C(=O)N(C)C)[C@@](C)(O)P(=O)(OC)OC)cc1. The van der Waals surface area contributed by atoms with E-state index in [0.29, 0.717) is 5.75 Å². The summed E-state index contributed by atoms with van der Waals surface area (Å²) in [7, 11) is 2.74. The number of carbonyl (C=O) groups excluding carboxylic acids is 1. The number of likely N-dealkylation sites (N-methyl/N-ethyl adjacent to an activating group) is 1. The van der Waals surface area contributed by atoms with Crippen molar-refractivity contribution < 1.29 is 33.0 Å². The Kier molecular flexibility index (Phi) is 6.80. The molecular formula is C15H24NO7P. The average Bonchev–Trinajstić information content (AvgIpc) is 2.58. The zero-order chi connectivity index (χ0) is 18.5. The van der Waals surface area contributed by atoms with Crippen LogP contribution in [-0.4, -0.2) is 62.8 Å². The number of carbonyl (C=O) groups is 1. The van der Waals surface area contributed by atoms with Gasteiger partial charge in [-0.1, -0.05) is 0 Å². The van der Waals surface area contributed by atoms with Crippen LogP contribution in [0.15, 0.2) is 24.3 Å². The van der Waals surface area contributed by atoms with Crippen molar-refractivity contribution >= 4 is 13.5 Å². The summed E-state index contributed by atoms with van der Waals surface area (Å²) in [6.45, 7) is 1.18. The maximum absolute atomic E-state index is 12.7. The van der Waals surface area contributed by atoms with E-state index in [1.807, 2.05) is 0 Å². The van der Waals surface area contributed by atoms with Crippen LogP contribution in [0, 0.1) is 0 Å². The van der Waals surface area contributed by atoms with Crippen molar-refractivity contribution in [2.24, 2.45) is 0 Å². The molecule has 0 aliphatic rings. The maximum Gasteiger partial charge on any atom is 0.365 e. The number of nitrogens with zero attached hydrogens (tertiary/aromatic N) is 1. The molecule has 0 aliphatic heterocycles. The van der Waals surface area contributed by atoms with E-state index in [9.17, 15) is 14.5 Å². The Hall–Kier alpha value is -1.60. The van der Waals surface area contributed by atoms with E-state index in [4.69, 9.17) is 18.5 Å². The third kappa shape index (κ3) is 4.08. The Bertz CT molecular complexity index is 592. The lowest BCUT2D eigenvalue weighted by atomic mass is 10.2. The minimum absolute atomic E-state index is 0.287. The van der Waals surface area contributed by atoms with Crippen LogP contribution in [0.2, 0.25) is 0 Å². The zero-order valence-corrected chi connectivity index (χ0v) is 15.6. The largest absolute Gasteiger partial charge is 0.497 e. The number of aliphatic hydroxyl groups is 1. The van der Waals surface area contributed by atoms with Gasteiger partial charge in [0, 0.05) is 28.3 Å². The van der Waals surface area contributed by atoms with Crippen molar-refractivity contribution in [1.29, 1.82) is 0 Å². The normalized spacial score (nSPS) is 15.3. The van der Waals surface area contributed by atoms with Crippen molar-refractivity contribution in [3.8, 4) is 11.5 Å². The molecule has 0 aromatic heterocycles. The third-order valence-corrected chi connectivity index (χ3v) is 5.82. The van der Waals surface area contributed by atoms with Crippen LogP contribution >= 0.6 is 7.60 Å². The van der Waals surface area contributed by atoms with Gasteiger partial charge in [-0.25, -0.2) is 0 Å². The van der Waals surface area contributed by atoms with Gasteiger partial charge < -0.3 is 28.5 Å². The summed E-state index contributed by atoms with van der Waals surface area (Å²) in [5, 5.41) is 8.55. The standard InChI is InChI=1S/C15H24NO7P/c1-15(18,24(19,21-5)22-6)13(14(17)16(2)3)23-12-9-7-11(20-4)8-10-12/h7-10,13,18H,1-6H3/t13-,15+/m1/s1. The van der Waals surface area contributed by atoms with E-state index in [0.717, 1.165) is 14.2 Å². The van der Waals surface area contributed by atoms with E-state index >= 15 is 0 Å². The van der Waals surface area contributed by atoms with Crippen molar-refractivity contribution in [2.45, 2.75) is 18.4 Å². The fraction of sp³-hybridized carbons (Fsp3) is 0.533. The molecule has 8 nitrogen and oxygen atoms in total. The molecule has 0 aliphatic carbocycles. The number of amides is 1. The molecule has 136 valence electrons. The maximum atomic E-state index is 12.7. The molecule has 1 amide bonds. The predicted molar refractivity (Wildman–Crippen MR) is 88.4 cm³/mol. The summed E-state index contributed by atoms with van der Waals surface area (Å²) >= 11 is 0. The highest BCUT2D eigenvalue weighted by Gasteiger charge is 2.55. The lowest BCUT2D eigenvalue weighted by Crippen LogP contribution is -2.52. The van der Waals surface area contributed by atoms with Gasteiger partial charge in [-0.2, -0.15) is 0 Å². The predicted octanol–water partition coefficient (Wildman–Crippen LogP) is 1.73. The van der Waals surface area contributed by atoms with Gasteiger partial charge in [0.05, 0.1) is 7.11 Å². The van der Waals surface area contributed by atoms with Gasteiger partial charge in [-0.15, -0.1) is 0 Å². The summed E-state index contributed by atoms with van der Waals surface area (Å²) in [5.41, 5.74) is 0. The molecule has 0 unspecified atom stereocenters. The van der Waals surface area contributed by atoms with E-state index < -0.39 is 24.9 Å². The minimum atomic E-state index is -4.03. The number of benzene rings is 1. The Morgan fingerprint density at radius 3 is 1.96 bits per heavy atom. The highest BCUT2D eigenvalue weighted by Crippen LogP contribution is 2.59. The molecule has 1 aromatic carbocycles. The summed E-state index contributed by atoms with van der Waals surface area (Å²) in [4.78, 5) is 13.7. The lowest BCUT2D eigenvalue weighted by Gasteiger charge is -2.36. The fourth-order valence-corrected chi connectivity index (χ4v) is 3.35. The molecule has 1 aromatic rings. The first-order valence-corrected chi connectivity index (χ1v) is 8.63. The Balaban J connectivity index is 3.25. The monoisotopic (exact) mass is 361 g/mol. The summed E-state index contributed by atoms with van der Waals surface area (Å²) < 4.78 is 33.0. The van der Waals surface area contributed by atoms with Gasteiger partial charge in [0.1, 0.15) is 11.5 Å². The molecule has 0 bridgehead atoms. The summed E-state index contributed by atoms with van der Waals surface area (Å²) in [6, 6.07) is 6.39. The van der Waals surface area contributed by atoms with E-state index in [1.165, 1.54) is 33.0 Å².